The van der Waals surface area contributed by atoms with Crippen LogP contribution in [0.4, 0.5) is 0 Å². The maximum Gasteiger partial charge on any atom is 0.155 e. The molecular weight excluding hydrogens is 226 g/mol. The molecule has 0 aliphatic carbocycles. The molecule has 96 valence electrons. The van der Waals surface area contributed by atoms with E-state index >= 15 is 0 Å². The minimum Gasteiger partial charge on any atom is -0.310 e. The van der Waals surface area contributed by atoms with E-state index in [9.17, 15) is 0 Å². The van der Waals surface area contributed by atoms with Gasteiger partial charge >= 0.3 is 0 Å². The number of rotatable bonds is 4. The molecule has 18 heavy (non-hydrogen) atoms. The second-order valence-electron chi connectivity index (χ2n) is 4.34. The molecule has 0 saturated heterocycles. The number of nitrogens with zero attached hydrogens (tertiary/aromatic N) is 4. The lowest BCUT2D eigenvalue weighted by Gasteiger charge is -2.13. The molecule has 0 amide bonds. The van der Waals surface area contributed by atoms with Crippen molar-refractivity contribution in [2.45, 2.75) is 33.7 Å². The van der Waals surface area contributed by atoms with E-state index in [2.05, 4.69) is 40.3 Å². The molecule has 0 fully saturated rings. The highest BCUT2D eigenvalue weighted by Gasteiger charge is 2.09. The second-order valence-corrected chi connectivity index (χ2v) is 4.34. The third-order valence-electron chi connectivity index (χ3n) is 2.87. The van der Waals surface area contributed by atoms with Crippen molar-refractivity contribution in [2.24, 2.45) is 0 Å². The summed E-state index contributed by atoms with van der Waals surface area (Å²) in [5, 5.41) is 7.74. The van der Waals surface area contributed by atoms with Crippen LogP contribution in [0.1, 0.15) is 37.1 Å². The first-order chi connectivity index (χ1) is 8.61. The number of aryl methyl sites for hydroxylation is 2. The molecule has 0 bridgehead atoms. The third kappa shape index (κ3) is 2.56. The molecule has 0 aliphatic rings. The standard InChI is InChI=1S/C13H19N5/c1-5-14-9(2)12-6-7-15-13(8-12)18-11(4)16-10(3)17-18/h6-9,14H,5H2,1-4H3. The zero-order chi connectivity index (χ0) is 13.1. The predicted octanol–water partition coefficient (Wildman–Crippen LogP) is 1.95. The van der Waals surface area contributed by atoms with E-state index < -0.39 is 0 Å². The van der Waals surface area contributed by atoms with E-state index in [0.29, 0.717) is 6.04 Å². The first kappa shape index (κ1) is 12.7. The van der Waals surface area contributed by atoms with E-state index in [0.717, 1.165) is 24.0 Å². The van der Waals surface area contributed by atoms with Gasteiger partial charge in [0, 0.05) is 12.2 Å². The topological polar surface area (TPSA) is 55.6 Å². The minimum atomic E-state index is 0.307. The van der Waals surface area contributed by atoms with E-state index in [1.54, 1.807) is 4.68 Å². The summed E-state index contributed by atoms with van der Waals surface area (Å²) in [6.45, 7) is 9.00. The van der Waals surface area contributed by atoms with Crippen molar-refractivity contribution in [3.05, 3.63) is 35.5 Å². The summed E-state index contributed by atoms with van der Waals surface area (Å²) in [6, 6.07) is 4.38. The van der Waals surface area contributed by atoms with Gasteiger partial charge in [-0.05, 0) is 45.0 Å². The minimum absolute atomic E-state index is 0.307. The molecular formula is C13H19N5. The molecule has 0 aromatic carbocycles. The lowest BCUT2D eigenvalue weighted by atomic mass is 10.1. The molecule has 1 N–H and O–H groups in total. The van der Waals surface area contributed by atoms with Crippen LogP contribution in [0.5, 0.6) is 0 Å². The van der Waals surface area contributed by atoms with E-state index in [4.69, 9.17) is 0 Å². The van der Waals surface area contributed by atoms with Crippen molar-refractivity contribution in [3.63, 3.8) is 0 Å². The molecule has 0 spiro atoms. The fourth-order valence-electron chi connectivity index (χ4n) is 1.98. The van der Waals surface area contributed by atoms with Crippen LogP contribution in [0.15, 0.2) is 18.3 Å². The Balaban J connectivity index is 2.35. The van der Waals surface area contributed by atoms with Crippen molar-refractivity contribution in [2.75, 3.05) is 6.54 Å². The Morgan fingerprint density at radius 3 is 2.78 bits per heavy atom. The number of pyridine rings is 1. The van der Waals surface area contributed by atoms with Crippen LogP contribution >= 0.6 is 0 Å². The molecule has 0 aliphatic heterocycles. The molecule has 2 rings (SSSR count). The Bertz CT molecular complexity index is 532. The van der Waals surface area contributed by atoms with Gasteiger partial charge in [-0.2, -0.15) is 4.68 Å². The van der Waals surface area contributed by atoms with Crippen molar-refractivity contribution in [1.82, 2.24) is 25.1 Å². The van der Waals surface area contributed by atoms with Gasteiger partial charge in [-0.15, -0.1) is 5.10 Å². The number of hydrogen-bond acceptors (Lipinski definition) is 4. The van der Waals surface area contributed by atoms with Crippen LogP contribution in [0.25, 0.3) is 5.82 Å². The smallest absolute Gasteiger partial charge is 0.155 e. The Hall–Kier alpha value is -1.75. The Labute approximate surface area is 107 Å². The summed E-state index contributed by atoms with van der Waals surface area (Å²) in [6.07, 6.45) is 1.81. The highest BCUT2D eigenvalue weighted by atomic mass is 15.4. The van der Waals surface area contributed by atoms with Gasteiger partial charge < -0.3 is 5.32 Å². The predicted molar refractivity (Wildman–Crippen MR) is 70.7 cm³/mol. The van der Waals surface area contributed by atoms with Crippen LogP contribution < -0.4 is 5.32 Å². The fourth-order valence-corrected chi connectivity index (χ4v) is 1.98. The van der Waals surface area contributed by atoms with Crippen LogP contribution in [0.2, 0.25) is 0 Å². The number of nitrogens with one attached hydrogen (secondary N) is 1. The molecule has 0 radical (unpaired) electrons. The van der Waals surface area contributed by atoms with Gasteiger partial charge in [0.05, 0.1) is 0 Å². The second kappa shape index (κ2) is 5.27. The average Bonchev–Trinajstić information content (AvgIpc) is 2.69. The van der Waals surface area contributed by atoms with E-state index in [-0.39, 0.29) is 0 Å². The summed E-state index contributed by atoms with van der Waals surface area (Å²) in [5.41, 5.74) is 1.20. The molecule has 1 atom stereocenters. The highest BCUT2D eigenvalue weighted by Crippen LogP contribution is 2.15. The molecule has 2 aromatic rings. The zero-order valence-corrected chi connectivity index (χ0v) is 11.3. The SMILES string of the molecule is CCNC(C)c1ccnc(-n2nc(C)nc2C)c1. The van der Waals surface area contributed by atoms with Crippen molar-refractivity contribution in [1.29, 1.82) is 0 Å². The van der Waals surface area contributed by atoms with Crippen LogP contribution in [0, 0.1) is 13.8 Å². The number of aromatic nitrogens is 4. The maximum atomic E-state index is 4.36. The Morgan fingerprint density at radius 1 is 1.39 bits per heavy atom. The normalized spacial score (nSPS) is 12.7. The summed E-state index contributed by atoms with van der Waals surface area (Å²) < 4.78 is 1.78. The Kier molecular flexibility index (Phi) is 3.72. The first-order valence-corrected chi connectivity index (χ1v) is 6.21. The lowest BCUT2D eigenvalue weighted by Crippen LogP contribution is -2.18. The average molecular weight is 245 g/mol. The van der Waals surface area contributed by atoms with Crippen LogP contribution in [-0.2, 0) is 0 Å². The maximum absolute atomic E-state index is 4.36. The molecule has 5 heteroatoms. The Morgan fingerprint density at radius 2 is 2.17 bits per heavy atom. The van der Waals surface area contributed by atoms with E-state index in [1.807, 2.05) is 26.1 Å². The van der Waals surface area contributed by atoms with Crippen molar-refractivity contribution < 1.29 is 0 Å². The van der Waals surface area contributed by atoms with Gasteiger partial charge in [0.15, 0.2) is 5.82 Å². The van der Waals surface area contributed by atoms with Gasteiger partial charge in [0.1, 0.15) is 11.6 Å². The summed E-state index contributed by atoms with van der Waals surface area (Å²) in [5.74, 6) is 2.43. The molecule has 2 aromatic heterocycles. The first-order valence-electron chi connectivity index (χ1n) is 6.21. The summed E-state index contributed by atoms with van der Waals surface area (Å²) in [4.78, 5) is 8.65. The summed E-state index contributed by atoms with van der Waals surface area (Å²) >= 11 is 0. The molecule has 0 saturated carbocycles. The quantitative estimate of drug-likeness (QED) is 0.894. The van der Waals surface area contributed by atoms with Gasteiger partial charge in [0.25, 0.3) is 0 Å². The van der Waals surface area contributed by atoms with Crippen LogP contribution in [0.3, 0.4) is 0 Å². The van der Waals surface area contributed by atoms with E-state index in [1.165, 1.54) is 5.56 Å². The van der Waals surface area contributed by atoms with Crippen LogP contribution in [-0.4, -0.2) is 26.3 Å². The molecule has 5 nitrogen and oxygen atoms in total. The fraction of sp³-hybridized carbons (Fsp3) is 0.462. The molecule has 2 heterocycles. The largest absolute Gasteiger partial charge is 0.310 e. The zero-order valence-electron chi connectivity index (χ0n) is 11.3. The van der Waals surface area contributed by atoms with Crippen molar-refractivity contribution >= 4 is 0 Å². The molecule has 1 unspecified atom stereocenters. The van der Waals surface area contributed by atoms with Gasteiger partial charge in [-0.3, -0.25) is 0 Å². The lowest BCUT2D eigenvalue weighted by molar-refractivity contribution is 0.596. The monoisotopic (exact) mass is 245 g/mol. The van der Waals surface area contributed by atoms with Crippen molar-refractivity contribution in [3.8, 4) is 5.82 Å². The summed E-state index contributed by atoms with van der Waals surface area (Å²) in [7, 11) is 0. The van der Waals surface area contributed by atoms with Gasteiger partial charge in [-0.25, -0.2) is 9.97 Å². The third-order valence-corrected chi connectivity index (χ3v) is 2.87. The van der Waals surface area contributed by atoms with Gasteiger partial charge in [0.2, 0.25) is 0 Å². The number of hydrogen-bond donors (Lipinski definition) is 1. The van der Waals surface area contributed by atoms with Gasteiger partial charge in [-0.1, -0.05) is 6.92 Å². The highest BCUT2D eigenvalue weighted by molar-refractivity contribution is 5.29.